The van der Waals surface area contributed by atoms with Crippen LogP contribution < -0.4 is 5.73 Å². The van der Waals surface area contributed by atoms with Crippen molar-refractivity contribution in [3.8, 4) is 0 Å². The summed E-state index contributed by atoms with van der Waals surface area (Å²) in [6.45, 7) is 8.43. The Balaban J connectivity index is 1.73. The van der Waals surface area contributed by atoms with Crippen molar-refractivity contribution in [2.45, 2.75) is 50.6 Å². The van der Waals surface area contributed by atoms with Gasteiger partial charge in [0.1, 0.15) is 0 Å². The van der Waals surface area contributed by atoms with Crippen molar-refractivity contribution in [2.24, 2.45) is 11.7 Å². The van der Waals surface area contributed by atoms with Gasteiger partial charge in [-0.3, -0.25) is 4.90 Å². The zero-order chi connectivity index (χ0) is 11.9. The summed E-state index contributed by atoms with van der Waals surface area (Å²) in [5.74, 6) is 0.875. The predicted molar refractivity (Wildman–Crippen MR) is 71.0 cm³/mol. The molecular formula is C14H27N3. The fourth-order valence-electron chi connectivity index (χ4n) is 4.28. The van der Waals surface area contributed by atoms with Crippen LogP contribution in [0.3, 0.4) is 0 Å². The molecule has 17 heavy (non-hydrogen) atoms. The largest absolute Gasteiger partial charge is 0.329 e. The van der Waals surface area contributed by atoms with Crippen molar-refractivity contribution in [2.75, 3.05) is 32.7 Å². The number of hydrogen-bond donors (Lipinski definition) is 1. The van der Waals surface area contributed by atoms with Crippen LogP contribution in [-0.2, 0) is 0 Å². The van der Waals surface area contributed by atoms with Gasteiger partial charge in [-0.1, -0.05) is 6.92 Å². The van der Waals surface area contributed by atoms with Crippen molar-refractivity contribution in [3.63, 3.8) is 0 Å². The topological polar surface area (TPSA) is 32.5 Å². The monoisotopic (exact) mass is 237 g/mol. The Hall–Kier alpha value is -0.120. The van der Waals surface area contributed by atoms with Gasteiger partial charge in [-0.05, 0) is 51.1 Å². The Morgan fingerprint density at radius 2 is 2.12 bits per heavy atom. The van der Waals surface area contributed by atoms with Gasteiger partial charge in [-0.25, -0.2) is 0 Å². The number of rotatable bonds is 2. The number of fused-ring (bicyclic) bond motifs is 1. The Bertz CT molecular complexity index is 281. The van der Waals surface area contributed by atoms with Crippen molar-refractivity contribution >= 4 is 0 Å². The van der Waals surface area contributed by atoms with Gasteiger partial charge in [-0.15, -0.1) is 0 Å². The molecule has 0 amide bonds. The lowest BCUT2D eigenvalue weighted by molar-refractivity contribution is 0.0233. The lowest BCUT2D eigenvalue weighted by atomic mass is 9.82. The minimum atomic E-state index is 0.344. The van der Waals surface area contributed by atoms with E-state index in [1.165, 1.54) is 58.3 Å². The smallest absolute Gasteiger partial charge is 0.0358 e. The summed E-state index contributed by atoms with van der Waals surface area (Å²) in [6.07, 6.45) is 6.81. The van der Waals surface area contributed by atoms with Crippen molar-refractivity contribution in [1.29, 1.82) is 0 Å². The maximum atomic E-state index is 6.19. The average Bonchev–Trinajstić information content (AvgIpc) is 2.96. The normalized spacial score (nSPS) is 44.1. The maximum Gasteiger partial charge on any atom is 0.0358 e. The lowest BCUT2D eigenvalue weighted by Gasteiger charge is -2.49. The second-order valence-corrected chi connectivity index (χ2v) is 6.55. The third-order valence-corrected chi connectivity index (χ3v) is 5.45. The molecular weight excluding hydrogens is 210 g/mol. The Morgan fingerprint density at radius 3 is 2.82 bits per heavy atom. The third kappa shape index (κ3) is 2.02. The van der Waals surface area contributed by atoms with Gasteiger partial charge < -0.3 is 10.6 Å². The quantitative estimate of drug-likeness (QED) is 0.785. The van der Waals surface area contributed by atoms with Crippen molar-refractivity contribution < 1.29 is 0 Å². The van der Waals surface area contributed by atoms with Gasteiger partial charge in [0.05, 0.1) is 0 Å². The lowest BCUT2D eigenvalue weighted by Crippen LogP contribution is -2.60. The van der Waals surface area contributed by atoms with Crippen LogP contribution in [0.15, 0.2) is 0 Å². The summed E-state index contributed by atoms with van der Waals surface area (Å²) in [5.41, 5.74) is 6.53. The number of hydrogen-bond acceptors (Lipinski definition) is 3. The van der Waals surface area contributed by atoms with Crippen LogP contribution in [0.5, 0.6) is 0 Å². The molecule has 0 aromatic carbocycles. The molecule has 3 nitrogen and oxygen atoms in total. The van der Waals surface area contributed by atoms with E-state index in [1.807, 2.05) is 0 Å². The minimum absolute atomic E-state index is 0.344. The van der Waals surface area contributed by atoms with E-state index < -0.39 is 0 Å². The Morgan fingerprint density at radius 1 is 1.24 bits per heavy atom. The molecule has 0 radical (unpaired) electrons. The Kier molecular flexibility index (Phi) is 3.18. The summed E-state index contributed by atoms with van der Waals surface area (Å²) >= 11 is 0. The highest BCUT2D eigenvalue weighted by atomic mass is 15.3. The number of likely N-dealkylation sites (tertiary alicyclic amines) is 1. The van der Waals surface area contributed by atoms with Crippen LogP contribution >= 0.6 is 0 Å². The molecule has 3 fully saturated rings. The van der Waals surface area contributed by atoms with Gasteiger partial charge in [0, 0.05) is 31.2 Å². The predicted octanol–water partition coefficient (Wildman–Crippen LogP) is 1.28. The number of piperidine rings is 1. The molecule has 0 aliphatic carbocycles. The van der Waals surface area contributed by atoms with Crippen molar-refractivity contribution in [3.05, 3.63) is 0 Å². The van der Waals surface area contributed by atoms with E-state index in [1.54, 1.807) is 0 Å². The van der Waals surface area contributed by atoms with E-state index in [2.05, 4.69) is 16.7 Å². The first-order valence-electron chi connectivity index (χ1n) is 7.43. The van der Waals surface area contributed by atoms with E-state index >= 15 is 0 Å². The first-order valence-corrected chi connectivity index (χ1v) is 7.43. The second-order valence-electron chi connectivity index (χ2n) is 6.55. The van der Waals surface area contributed by atoms with Crippen LogP contribution in [0, 0.1) is 5.92 Å². The first-order chi connectivity index (χ1) is 8.23. The molecule has 2 N–H and O–H groups in total. The molecule has 3 aliphatic rings. The Labute approximate surface area is 105 Å². The molecule has 0 saturated carbocycles. The summed E-state index contributed by atoms with van der Waals surface area (Å²) < 4.78 is 0. The first kappa shape index (κ1) is 11.9. The fraction of sp³-hybridized carbons (Fsp3) is 1.00. The minimum Gasteiger partial charge on any atom is -0.329 e. The molecule has 3 aliphatic heterocycles. The molecule has 3 heteroatoms. The van der Waals surface area contributed by atoms with Gasteiger partial charge in [0.25, 0.3) is 0 Å². The summed E-state index contributed by atoms with van der Waals surface area (Å²) in [4.78, 5) is 5.43. The van der Waals surface area contributed by atoms with E-state index in [0.29, 0.717) is 5.54 Å². The maximum absolute atomic E-state index is 6.19. The van der Waals surface area contributed by atoms with Crippen LogP contribution in [0.4, 0.5) is 0 Å². The van der Waals surface area contributed by atoms with Gasteiger partial charge >= 0.3 is 0 Å². The average molecular weight is 237 g/mol. The molecule has 3 unspecified atom stereocenters. The van der Waals surface area contributed by atoms with Gasteiger partial charge in [0.15, 0.2) is 0 Å². The molecule has 3 saturated heterocycles. The van der Waals surface area contributed by atoms with Gasteiger partial charge in [-0.2, -0.15) is 0 Å². The summed E-state index contributed by atoms with van der Waals surface area (Å²) in [5, 5.41) is 0. The van der Waals surface area contributed by atoms with E-state index in [4.69, 9.17) is 5.73 Å². The molecule has 3 atom stereocenters. The highest BCUT2D eigenvalue weighted by molar-refractivity contribution is 5.03. The molecule has 0 bridgehead atoms. The second kappa shape index (κ2) is 4.52. The molecule has 0 spiro atoms. The van der Waals surface area contributed by atoms with E-state index in [0.717, 1.165) is 18.5 Å². The summed E-state index contributed by atoms with van der Waals surface area (Å²) in [6, 6.07) is 0.836. The van der Waals surface area contributed by atoms with Crippen molar-refractivity contribution in [1.82, 2.24) is 9.80 Å². The number of nitrogens with two attached hydrogens (primary N) is 1. The molecule has 0 aromatic rings. The fourth-order valence-corrected chi connectivity index (χ4v) is 4.28. The highest BCUT2D eigenvalue weighted by Crippen LogP contribution is 2.38. The van der Waals surface area contributed by atoms with Crippen LogP contribution in [0.25, 0.3) is 0 Å². The van der Waals surface area contributed by atoms with Gasteiger partial charge in [0.2, 0.25) is 0 Å². The van der Waals surface area contributed by atoms with E-state index in [9.17, 15) is 0 Å². The zero-order valence-electron chi connectivity index (χ0n) is 11.2. The molecule has 3 heterocycles. The van der Waals surface area contributed by atoms with Crippen LogP contribution in [0.1, 0.15) is 39.0 Å². The third-order valence-electron chi connectivity index (χ3n) is 5.45. The highest BCUT2D eigenvalue weighted by Gasteiger charge is 2.45. The van der Waals surface area contributed by atoms with Crippen LogP contribution in [0.2, 0.25) is 0 Å². The zero-order valence-corrected chi connectivity index (χ0v) is 11.2. The van der Waals surface area contributed by atoms with E-state index in [-0.39, 0.29) is 0 Å². The standard InChI is InChI=1S/C14H27N3/c1-12-4-7-17(10-12)14(11-15)5-8-16-6-2-3-13(16)9-14/h12-13H,2-11,15H2,1H3. The van der Waals surface area contributed by atoms with Crippen LogP contribution in [-0.4, -0.2) is 54.1 Å². The SMILES string of the molecule is CC1CCN(C2(CN)CCN3CCCC3C2)C1. The number of nitrogens with zero attached hydrogens (tertiary/aromatic N) is 2. The molecule has 0 aromatic heterocycles. The molecule has 3 rings (SSSR count). The summed E-state index contributed by atoms with van der Waals surface area (Å²) in [7, 11) is 0. The molecule has 98 valence electrons.